The van der Waals surface area contributed by atoms with E-state index < -0.39 is 0 Å². The highest BCUT2D eigenvalue weighted by Gasteiger charge is 2.52. The summed E-state index contributed by atoms with van der Waals surface area (Å²) in [5, 5.41) is 11.5. The van der Waals surface area contributed by atoms with Crippen LogP contribution in [0.15, 0.2) is 39.9 Å². The van der Waals surface area contributed by atoms with Gasteiger partial charge in [-0.25, -0.2) is 5.43 Å². The van der Waals surface area contributed by atoms with E-state index in [4.69, 9.17) is 0 Å². The fraction of sp³-hybridized carbons (Fsp3) is 0.476. The summed E-state index contributed by atoms with van der Waals surface area (Å²) in [5.74, 6) is 2.33. The summed E-state index contributed by atoms with van der Waals surface area (Å²) in [6.07, 6.45) is 9.62. The minimum atomic E-state index is -0.270. The zero-order valence-corrected chi connectivity index (χ0v) is 16.7. The Balaban J connectivity index is 1.29. The fourth-order valence-corrected chi connectivity index (χ4v) is 6.38. The molecule has 4 aliphatic carbocycles. The van der Waals surface area contributed by atoms with Crippen molar-refractivity contribution in [2.45, 2.75) is 43.9 Å². The van der Waals surface area contributed by atoms with Crippen molar-refractivity contribution in [1.29, 1.82) is 0 Å². The standard InChI is InChI=1S/C21H23BrN4O/c22-17-3-1-2-13(7-17)12-23-26-20(27)18-8-19(25-24-18)21-9-14-4-15(10-21)6-16(5-14)11-21/h1-3,7-8,12,14-16H,4-6,9-11H2,(H,24,25)(H,26,27)/b23-12+. The van der Waals surface area contributed by atoms with Crippen molar-refractivity contribution in [3.63, 3.8) is 0 Å². The van der Waals surface area contributed by atoms with Crippen molar-refractivity contribution < 1.29 is 4.79 Å². The fourth-order valence-electron chi connectivity index (χ4n) is 5.96. The molecule has 6 rings (SSSR count). The Morgan fingerprint density at radius 2 is 1.89 bits per heavy atom. The molecule has 0 saturated heterocycles. The topological polar surface area (TPSA) is 70.1 Å². The van der Waals surface area contributed by atoms with Gasteiger partial charge in [0.25, 0.3) is 5.91 Å². The SMILES string of the molecule is O=C(N/N=C/c1cccc(Br)c1)c1cc(C23CC4CC(CC(C4)C2)C3)[nH]n1. The Bertz CT molecular complexity index is 868. The van der Waals surface area contributed by atoms with Gasteiger partial charge in [0.15, 0.2) is 5.69 Å². The van der Waals surface area contributed by atoms with Crippen LogP contribution in [-0.4, -0.2) is 22.3 Å². The lowest BCUT2D eigenvalue weighted by molar-refractivity contribution is -0.00721. The number of amides is 1. The molecule has 0 unspecified atom stereocenters. The van der Waals surface area contributed by atoms with E-state index in [1.165, 1.54) is 38.5 Å². The smallest absolute Gasteiger partial charge is 0.281 e. The largest absolute Gasteiger partial charge is 0.291 e. The number of carbonyl (C=O) groups excluding carboxylic acids is 1. The van der Waals surface area contributed by atoms with Gasteiger partial charge in [0.1, 0.15) is 0 Å². The van der Waals surface area contributed by atoms with Gasteiger partial charge in [-0.15, -0.1) is 0 Å². The van der Waals surface area contributed by atoms with Gasteiger partial charge >= 0.3 is 0 Å². The molecule has 1 aromatic carbocycles. The highest BCUT2D eigenvalue weighted by atomic mass is 79.9. The van der Waals surface area contributed by atoms with E-state index in [-0.39, 0.29) is 11.3 Å². The second-order valence-corrected chi connectivity index (χ2v) is 9.53. The molecule has 140 valence electrons. The Morgan fingerprint density at radius 3 is 2.56 bits per heavy atom. The van der Waals surface area contributed by atoms with Crippen LogP contribution in [0.4, 0.5) is 0 Å². The molecule has 0 aliphatic heterocycles. The number of rotatable bonds is 4. The zero-order valence-electron chi connectivity index (χ0n) is 15.1. The molecule has 1 heterocycles. The van der Waals surface area contributed by atoms with Gasteiger partial charge in [-0.1, -0.05) is 28.1 Å². The maximum atomic E-state index is 12.4. The van der Waals surface area contributed by atoms with E-state index >= 15 is 0 Å². The molecule has 0 atom stereocenters. The van der Waals surface area contributed by atoms with Gasteiger partial charge in [-0.2, -0.15) is 10.2 Å². The molecule has 1 aromatic heterocycles. The van der Waals surface area contributed by atoms with Crippen LogP contribution in [0.3, 0.4) is 0 Å². The molecule has 5 nitrogen and oxygen atoms in total. The Morgan fingerprint density at radius 1 is 1.19 bits per heavy atom. The number of hydrogen-bond acceptors (Lipinski definition) is 3. The van der Waals surface area contributed by atoms with Crippen LogP contribution in [0.5, 0.6) is 0 Å². The molecular weight excluding hydrogens is 404 g/mol. The normalized spacial score (nSPS) is 31.5. The average Bonchev–Trinajstić information content (AvgIpc) is 3.12. The first-order valence-corrected chi connectivity index (χ1v) is 10.5. The van der Waals surface area contributed by atoms with Crippen molar-refractivity contribution in [3.05, 3.63) is 51.8 Å². The van der Waals surface area contributed by atoms with Gasteiger partial charge in [0.05, 0.1) is 6.21 Å². The minimum absolute atomic E-state index is 0.222. The predicted octanol–water partition coefficient (Wildman–Crippen LogP) is 4.40. The number of aromatic nitrogens is 2. The number of nitrogens with zero attached hydrogens (tertiary/aromatic N) is 2. The monoisotopic (exact) mass is 426 g/mol. The van der Waals surface area contributed by atoms with Crippen LogP contribution >= 0.6 is 15.9 Å². The summed E-state index contributed by atoms with van der Waals surface area (Å²) in [6.45, 7) is 0. The van der Waals surface area contributed by atoms with Gasteiger partial charge in [0.2, 0.25) is 0 Å². The van der Waals surface area contributed by atoms with Crippen LogP contribution < -0.4 is 5.43 Å². The van der Waals surface area contributed by atoms with Crippen molar-refractivity contribution in [3.8, 4) is 0 Å². The van der Waals surface area contributed by atoms with E-state index in [0.717, 1.165) is 33.5 Å². The summed E-state index contributed by atoms with van der Waals surface area (Å²) in [7, 11) is 0. The lowest BCUT2D eigenvalue weighted by Crippen LogP contribution is -2.48. The number of nitrogens with one attached hydrogen (secondary N) is 2. The molecule has 2 aromatic rings. The highest BCUT2D eigenvalue weighted by Crippen LogP contribution is 2.60. The first kappa shape index (κ1) is 17.2. The molecule has 4 fully saturated rings. The number of hydrogen-bond donors (Lipinski definition) is 2. The highest BCUT2D eigenvalue weighted by molar-refractivity contribution is 9.10. The summed E-state index contributed by atoms with van der Waals surface area (Å²) >= 11 is 3.43. The maximum Gasteiger partial charge on any atom is 0.291 e. The Kier molecular flexibility index (Phi) is 4.19. The van der Waals surface area contributed by atoms with Crippen LogP contribution in [-0.2, 0) is 5.41 Å². The van der Waals surface area contributed by atoms with Crippen LogP contribution in [0.2, 0.25) is 0 Å². The molecule has 27 heavy (non-hydrogen) atoms. The molecule has 4 bridgehead atoms. The first-order chi connectivity index (χ1) is 13.1. The van der Waals surface area contributed by atoms with E-state index in [9.17, 15) is 4.79 Å². The third-order valence-corrected chi connectivity index (χ3v) is 7.14. The van der Waals surface area contributed by atoms with Gasteiger partial charge in [-0.3, -0.25) is 9.89 Å². The van der Waals surface area contributed by atoms with Crippen molar-refractivity contribution >= 4 is 28.1 Å². The average molecular weight is 427 g/mol. The quantitative estimate of drug-likeness (QED) is 0.561. The second-order valence-electron chi connectivity index (χ2n) is 8.62. The molecule has 4 saturated carbocycles. The summed E-state index contributed by atoms with van der Waals surface area (Å²) in [4.78, 5) is 12.4. The Labute approximate surface area is 167 Å². The van der Waals surface area contributed by atoms with Crippen molar-refractivity contribution in [2.75, 3.05) is 0 Å². The number of carbonyl (C=O) groups is 1. The van der Waals surface area contributed by atoms with Crippen LogP contribution in [0.1, 0.15) is 60.3 Å². The van der Waals surface area contributed by atoms with Crippen molar-refractivity contribution in [2.24, 2.45) is 22.9 Å². The summed E-state index contributed by atoms with van der Waals surface area (Å²) in [5.41, 5.74) is 5.30. The molecule has 2 N–H and O–H groups in total. The number of halogens is 1. The molecule has 4 aliphatic rings. The molecule has 0 spiro atoms. The second kappa shape index (κ2) is 6.59. The van der Waals surface area contributed by atoms with E-state index in [1.807, 2.05) is 30.3 Å². The number of aromatic amines is 1. The maximum absolute atomic E-state index is 12.4. The lowest BCUT2D eigenvalue weighted by atomic mass is 9.49. The molecule has 1 amide bonds. The predicted molar refractivity (Wildman–Crippen MR) is 108 cm³/mol. The lowest BCUT2D eigenvalue weighted by Gasteiger charge is -2.56. The first-order valence-electron chi connectivity index (χ1n) is 9.74. The third-order valence-electron chi connectivity index (χ3n) is 6.65. The summed E-state index contributed by atoms with van der Waals surface area (Å²) < 4.78 is 0.977. The van der Waals surface area contributed by atoms with E-state index in [1.54, 1.807) is 6.21 Å². The Hall–Kier alpha value is -1.95. The van der Waals surface area contributed by atoms with E-state index in [0.29, 0.717) is 5.69 Å². The molecular formula is C21H23BrN4O. The van der Waals surface area contributed by atoms with Gasteiger partial charge in [0, 0.05) is 15.6 Å². The number of benzene rings is 1. The van der Waals surface area contributed by atoms with E-state index in [2.05, 4.69) is 36.7 Å². The van der Waals surface area contributed by atoms with Gasteiger partial charge < -0.3 is 0 Å². The minimum Gasteiger partial charge on any atom is -0.281 e. The zero-order chi connectivity index (χ0) is 18.4. The van der Waals surface area contributed by atoms with Crippen LogP contribution in [0.25, 0.3) is 0 Å². The van der Waals surface area contributed by atoms with Crippen LogP contribution in [0, 0.1) is 17.8 Å². The summed E-state index contributed by atoms with van der Waals surface area (Å²) in [6, 6.07) is 9.71. The van der Waals surface area contributed by atoms with Gasteiger partial charge in [-0.05, 0) is 80.0 Å². The molecule has 0 radical (unpaired) electrons. The van der Waals surface area contributed by atoms with Crippen molar-refractivity contribution in [1.82, 2.24) is 15.6 Å². The number of hydrazone groups is 1. The molecule has 6 heteroatoms. The third kappa shape index (κ3) is 3.24. The number of H-pyrrole nitrogens is 1.